The highest BCUT2D eigenvalue weighted by Crippen LogP contribution is 2.36. The predicted molar refractivity (Wildman–Crippen MR) is 137 cm³/mol. The molecule has 0 saturated carbocycles. The fraction of sp³-hybridized carbons (Fsp3) is 0.417. The molecule has 0 unspecified atom stereocenters. The minimum absolute atomic E-state index is 0.117. The second-order valence-electron chi connectivity index (χ2n) is 8.02. The zero-order valence-corrected chi connectivity index (χ0v) is 21.8. The summed E-state index contributed by atoms with van der Waals surface area (Å²) >= 11 is 6.16. The Kier molecular flexibility index (Phi) is 8.81. The number of nitrogens with zero attached hydrogens (tertiary/aromatic N) is 4. The van der Waals surface area contributed by atoms with Crippen molar-refractivity contribution in [3.05, 3.63) is 47.7 Å². The van der Waals surface area contributed by atoms with Crippen molar-refractivity contribution in [3.63, 3.8) is 0 Å². The van der Waals surface area contributed by atoms with Crippen LogP contribution in [0.2, 0.25) is 5.02 Å². The molecule has 12 heteroatoms. The number of piperazine rings is 1. The van der Waals surface area contributed by atoms with Crippen LogP contribution in [0.1, 0.15) is 0 Å². The molecular formula is C24H29ClN4O6S. The van der Waals surface area contributed by atoms with Gasteiger partial charge in [-0.3, -0.25) is 0 Å². The summed E-state index contributed by atoms with van der Waals surface area (Å²) in [6.07, 6.45) is 1.49. The smallest absolute Gasteiger partial charge is 0.244 e. The van der Waals surface area contributed by atoms with E-state index >= 15 is 0 Å². The Morgan fingerprint density at radius 3 is 2.17 bits per heavy atom. The first-order chi connectivity index (χ1) is 17.5. The SMILES string of the molecule is COCCOc1cc2ncnc(N3CCN(S(=O)(=O)c4ccccc4Cl)CC3)c2cc1OCCOC. The first-order valence-electron chi connectivity index (χ1n) is 11.5. The van der Waals surface area contributed by atoms with Gasteiger partial charge in [-0.25, -0.2) is 18.4 Å². The van der Waals surface area contributed by atoms with Crippen molar-refractivity contribution in [1.82, 2.24) is 14.3 Å². The molecule has 1 aliphatic heterocycles. The van der Waals surface area contributed by atoms with E-state index in [2.05, 4.69) is 9.97 Å². The van der Waals surface area contributed by atoms with Crippen LogP contribution in [0, 0.1) is 0 Å². The van der Waals surface area contributed by atoms with Gasteiger partial charge < -0.3 is 23.8 Å². The van der Waals surface area contributed by atoms with Gasteiger partial charge in [0, 0.05) is 51.9 Å². The average molecular weight is 537 g/mol. The van der Waals surface area contributed by atoms with Crippen molar-refractivity contribution in [2.45, 2.75) is 4.90 Å². The maximum absolute atomic E-state index is 13.1. The average Bonchev–Trinajstić information content (AvgIpc) is 2.89. The van der Waals surface area contributed by atoms with Gasteiger partial charge in [-0.15, -0.1) is 0 Å². The van der Waals surface area contributed by atoms with Gasteiger partial charge in [0.15, 0.2) is 11.5 Å². The van der Waals surface area contributed by atoms with Crippen molar-refractivity contribution in [2.24, 2.45) is 0 Å². The first kappa shape index (κ1) is 26.4. The van der Waals surface area contributed by atoms with E-state index < -0.39 is 10.0 Å². The molecule has 1 aliphatic rings. The number of anilines is 1. The number of rotatable bonds is 11. The normalized spacial score (nSPS) is 14.8. The van der Waals surface area contributed by atoms with Crippen LogP contribution in [0.5, 0.6) is 11.5 Å². The number of fused-ring (bicyclic) bond motifs is 1. The zero-order valence-electron chi connectivity index (χ0n) is 20.2. The first-order valence-corrected chi connectivity index (χ1v) is 13.3. The van der Waals surface area contributed by atoms with Crippen molar-refractivity contribution in [1.29, 1.82) is 0 Å². The lowest BCUT2D eigenvalue weighted by atomic mass is 10.2. The molecule has 10 nitrogen and oxygen atoms in total. The lowest BCUT2D eigenvalue weighted by Gasteiger charge is -2.35. The molecular weight excluding hydrogens is 508 g/mol. The van der Waals surface area contributed by atoms with Crippen LogP contribution in [0.3, 0.4) is 0 Å². The minimum atomic E-state index is -3.69. The molecule has 2 aromatic carbocycles. The van der Waals surface area contributed by atoms with Gasteiger partial charge in [0.2, 0.25) is 10.0 Å². The topological polar surface area (TPSA) is 103 Å². The Balaban J connectivity index is 1.57. The molecule has 0 amide bonds. The van der Waals surface area contributed by atoms with Crippen LogP contribution < -0.4 is 14.4 Å². The Labute approximate surface area is 215 Å². The van der Waals surface area contributed by atoms with Gasteiger partial charge >= 0.3 is 0 Å². The second-order valence-corrected chi connectivity index (χ2v) is 10.3. The van der Waals surface area contributed by atoms with Gasteiger partial charge in [-0.1, -0.05) is 23.7 Å². The van der Waals surface area contributed by atoms with Crippen LogP contribution in [-0.2, 0) is 19.5 Å². The van der Waals surface area contributed by atoms with E-state index in [4.69, 9.17) is 30.5 Å². The highest BCUT2D eigenvalue weighted by molar-refractivity contribution is 7.89. The summed E-state index contributed by atoms with van der Waals surface area (Å²) in [5, 5.41) is 0.998. The summed E-state index contributed by atoms with van der Waals surface area (Å²) in [4.78, 5) is 11.1. The van der Waals surface area contributed by atoms with Crippen LogP contribution >= 0.6 is 11.6 Å². The molecule has 4 rings (SSSR count). The summed E-state index contributed by atoms with van der Waals surface area (Å²) in [7, 11) is -0.476. The lowest BCUT2D eigenvalue weighted by Crippen LogP contribution is -2.49. The molecule has 2 heterocycles. The highest BCUT2D eigenvalue weighted by Gasteiger charge is 2.31. The van der Waals surface area contributed by atoms with Crippen LogP contribution in [0.15, 0.2) is 47.6 Å². The van der Waals surface area contributed by atoms with Crippen LogP contribution in [0.25, 0.3) is 10.9 Å². The molecule has 0 atom stereocenters. The number of halogens is 1. The summed E-state index contributed by atoms with van der Waals surface area (Å²) in [5.74, 6) is 1.80. The molecule has 1 saturated heterocycles. The molecule has 1 aromatic heterocycles. The van der Waals surface area contributed by atoms with E-state index in [1.165, 1.54) is 16.7 Å². The van der Waals surface area contributed by atoms with Crippen molar-refractivity contribution in [2.75, 3.05) is 71.7 Å². The molecule has 0 radical (unpaired) electrons. The summed E-state index contributed by atoms with van der Waals surface area (Å²) < 4.78 is 49.7. The Hall–Kier alpha value is -2.70. The van der Waals surface area contributed by atoms with E-state index in [0.29, 0.717) is 75.4 Å². The molecule has 0 N–H and O–H groups in total. The highest BCUT2D eigenvalue weighted by atomic mass is 35.5. The van der Waals surface area contributed by atoms with Gasteiger partial charge in [0.1, 0.15) is 30.3 Å². The Bertz CT molecular complexity index is 1280. The van der Waals surface area contributed by atoms with Gasteiger partial charge in [-0.05, 0) is 18.2 Å². The Morgan fingerprint density at radius 1 is 0.889 bits per heavy atom. The second kappa shape index (κ2) is 12.0. The van der Waals surface area contributed by atoms with Crippen LogP contribution in [0.4, 0.5) is 5.82 Å². The van der Waals surface area contributed by atoms with E-state index in [-0.39, 0.29) is 9.92 Å². The summed E-state index contributed by atoms with van der Waals surface area (Å²) in [6, 6.07) is 10.2. The third kappa shape index (κ3) is 5.81. The van der Waals surface area contributed by atoms with Crippen molar-refractivity contribution >= 4 is 38.3 Å². The number of aromatic nitrogens is 2. The molecule has 194 valence electrons. The summed E-state index contributed by atoms with van der Waals surface area (Å²) in [6.45, 7) is 3.10. The monoisotopic (exact) mass is 536 g/mol. The number of methoxy groups -OCH3 is 2. The third-order valence-corrected chi connectivity index (χ3v) is 8.16. The van der Waals surface area contributed by atoms with Gasteiger partial charge in [-0.2, -0.15) is 4.31 Å². The quantitative estimate of drug-likeness (QED) is 0.342. The van der Waals surface area contributed by atoms with Crippen molar-refractivity contribution in [3.8, 4) is 11.5 Å². The predicted octanol–water partition coefficient (Wildman–Crippen LogP) is 2.84. The number of ether oxygens (including phenoxy) is 4. The van der Waals surface area contributed by atoms with Crippen LogP contribution in [-0.4, -0.2) is 89.5 Å². The number of sulfonamides is 1. The molecule has 0 spiro atoms. The zero-order chi connectivity index (χ0) is 25.5. The molecule has 1 fully saturated rings. The molecule has 0 bridgehead atoms. The molecule has 3 aromatic rings. The minimum Gasteiger partial charge on any atom is -0.487 e. The number of benzene rings is 2. The Morgan fingerprint density at radius 2 is 1.53 bits per heavy atom. The largest absolute Gasteiger partial charge is 0.487 e. The summed E-state index contributed by atoms with van der Waals surface area (Å²) in [5.41, 5.74) is 0.692. The standard InChI is InChI=1S/C24H29ClN4O6S/c1-32-11-13-34-21-15-18-20(16-22(21)35-14-12-33-2)26-17-27-24(18)28-7-9-29(10-8-28)36(30,31)23-6-4-3-5-19(23)25/h3-6,15-17H,7-14H2,1-2H3. The van der Waals surface area contributed by atoms with Gasteiger partial charge in [0.25, 0.3) is 0 Å². The molecule has 0 aliphatic carbocycles. The maximum atomic E-state index is 13.1. The fourth-order valence-corrected chi connectivity index (χ4v) is 5.85. The number of hydrogen-bond acceptors (Lipinski definition) is 9. The number of hydrogen-bond donors (Lipinski definition) is 0. The van der Waals surface area contributed by atoms with Gasteiger partial charge in [0.05, 0.1) is 23.8 Å². The molecule has 36 heavy (non-hydrogen) atoms. The van der Waals surface area contributed by atoms with E-state index in [1.807, 2.05) is 17.0 Å². The fourth-order valence-electron chi connectivity index (χ4n) is 3.93. The third-order valence-electron chi connectivity index (χ3n) is 5.76. The van der Waals surface area contributed by atoms with E-state index in [1.54, 1.807) is 32.4 Å². The van der Waals surface area contributed by atoms with Crippen molar-refractivity contribution < 1.29 is 27.4 Å². The maximum Gasteiger partial charge on any atom is 0.244 e. The van der Waals surface area contributed by atoms with E-state index in [9.17, 15) is 8.42 Å². The lowest BCUT2D eigenvalue weighted by molar-refractivity contribution is 0.132. The van der Waals surface area contributed by atoms with E-state index in [0.717, 1.165) is 5.39 Å².